The first kappa shape index (κ1) is 8.26. The second kappa shape index (κ2) is 3.18. The zero-order chi connectivity index (χ0) is 9.26. The van der Waals surface area contributed by atoms with Crippen LogP contribution in [0.5, 0.6) is 0 Å². The summed E-state index contributed by atoms with van der Waals surface area (Å²) in [4.78, 5) is 11.1. The lowest BCUT2D eigenvalue weighted by Gasteiger charge is -1.96. The molecule has 13 heavy (non-hydrogen) atoms. The summed E-state index contributed by atoms with van der Waals surface area (Å²) < 4.78 is 4.62. The Hall–Kier alpha value is -1.35. The molecule has 0 amide bonds. The third-order valence-electron chi connectivity index (χ3n) is 2.20. The zero-order valence-electron chi connectivity index (χ0n) is 7.36. The molecule has 1 heterocycles. The molecule has 1 aliphatic rings. The summed E-state index contributed by atoms with van der Waals surface area (Å²) in [6.07, 6.45) is 0. The molecule has 2 unspecified atom stereocenters. The van der Waals surface area contributed by atoms with Crippen molar-refractivity contribution in [2.24, 2.45) is 0 Å². The van der Waals surface area contributed by atoms with Crippen molar-refractivity contribution < 1.29 is 9.53 Å². The maximum atomic E-state index is 11.1. The van der Waals surface area contributed by atoms with Crippen LogP contribution in [0.2, 0.25) is 0 Å². The first-order chi connectivity index (χ1) is 6.33. The lowest BCUT2D eigenvalue weighted by atomic mass is 10.1. The topological polar surface area (TPSA) is 48.2 Å². The minimum absolute atomic E-state index is 0.146. The average molecular weight is 177 g/mol. The summed E-state index contributed by atoms with van der Waals surface area (Å²) in [6.45, 7) is 0. The van der Waals surface area contributed by atoms with Crippen LogP contribution in [0.3, 0.4) is 0 Å². The van der Waals surface area contributed by atoms with Crippen molar-refractivity contribution in [3.8, 4) is 0 Å². The van der Waals surface area contributed by atoms with Crippen molar-refractivity contribution >= 4 is 5.97 Å². The number of methoxy groups -OCH3 is 1. The number of esters is 1. The summed E-state index contributed by atoms with van der Waals surface area (Å²) in [7, 11) is 1.41. The summed E-state index contributed by atoms with van der Waals surface area (Å²) in [5.41, 5.74) is 1.14. The van der Waals surface area contributed by atoms with E-state index in [9.17, 15) is 4.79 Å². The van der Waals surface area contributed by atoms with Gasteiger partial charge in [0, 0.05) is 0 Å². The summed E-state index contributed by atoms with van der Waals surface area (Å²) in [5, 5.41) is 3.06. The molecule has 1 aliphatic heterocycles. The first-order valence-corrected chi connectivity index (χ1v) is 4.22. The summed E-state index contributed by atoms with van der Waals surface area (Å²) in [6, 6.07) is 9.88. The first-order valence-electron chi connectivity index (χ1n) is 4.22. The number of benzene rings is 1. The fraction of sp³-hybridized carbons (Fsp3) is 0.300. The highest BCUT2D eigenvalue weighted by Crippen LogP contribution is 2.29. The van der Waals surface area contributed by atoms with E-state index in [-0.39, 0.29) is 18.1 Å². The summed E-state index contributed by atoms with van der Waals surface area (Å²) in [5.74, 6) is -0.186. The Balaban J connectivity index is 2.04. The van der Waals surface area contributed by atoms with Crippen molar-refractivity contribution in [3.05, 3.63) is 35.9 Å². The Bertz CT molecular complexity index is 310. The molecule has 2 atom stereocenters. The minimum Gasteiger partial charge on any atom is -0.468 e. The molecule has 1 aromatic carbocycles. The van der Waals surface area contributed by atoms with Gasteiger partial charge in [-0.25, -0.2) is 0 Å². The molecular formula is C10H11NO2. The van der Waals surface area contributed by atoms with Gasteiger partial charge >= 0.3 is 5.97 Å². The average Bonchev–Trinajstić information content (AvgIpc) is 2.98. The van der Waals surface area contributed by atoms with Crippen LogP contribution in [0.1, 0.15) is 11.6 Å². The van der Waals surface area contributed by atoms with Crippen LogP contribution in [0.25, 0.3) is 0 Å². The Kier molecular flexibility index (Phi) is 2.02. The van der Waals surface area contributed by atoms with E-state index in [1.54, 1.807) is 0 Å². The number of hydrogen-bond acceptors (Lipinski definition) is 3. The molecule has 1 saturated heterocycles. The molecule has 0 aromatic heterocycles. The Labute approximate surface area is 76.7 Å². The van der Waals surface area contributed by atoms with E-state index in [1.807, 2.05) is 30.3 Å². The quantitative estimate of drug-likeness (QED) is 0.538. The highest BCUT2D eigenvalue weighted by Gasteiger charge is 2.44. The van der Waals surface area contributed by atoms with Crippen LogP contribution < -0.4 is 5.32 Å². The van der Waals surface area contributed by atoms with Gasteiger partial charge in [-0.05, 0) is 5.56 Å². The lowest BCUT2D eigenvalue weighted by molar-refractivity contribution is -0.140. The van der Waals surface area contributed by atoms with Gasteiger partial charge < -0.3 is 4.74 Å². The molecule has 1 aromatic rings. The van der Waals surface area contributed by atoms with Crippen LogP contribution in [-0.2, 0) is 9.53 Å². The normalized spacial score (nSPS) is 25.3. The third-order valence-corrected chi connectivity index (χ3v) is 2.20. The minimum atomic E-state index is -0.186. The van der Waals surface area contributed by atoms with Gasteiger partial charge in [-0.15, -0.1) is 0 Å². The van der Waals surface area contributed by atoms with E-state index in [2.05, 4.69) is 10.1 Å². The molecule has 0 radical (unpaired) electrons. The maximum Gasteiger partial charge on any atom is 0.324 e. The van der Waals surface area contributed by atoms with Crippen LogP contribution in [0.4, 0.5) is 0 Å². The number of carbonyl (C=O) groups is 1. The van der Waals surface area contributed by atoms with Gasteiger partial charge in [-0.2, -0.15) is 0 Å². The lowest BCUT2D eigenvalue weighted by Crippen LogP contribution is -2.11. The van der Waals surface area contributed by atoms with Crippen LogP contribution in [0, 0.1) is 0 Å². The molecule has 1 N–H and O–H groups in total. The molecule has 68 valence electrons. The number of carbonyl (C=O) groups excluding carboxylic acids is 1. The number of nitrogens with one attached hydrogen (secondary N) is 1. The Morgan fingerprint density at radius 2 is 2.08 bits per heavy atom. The number of hydrogen-bond donors (Lipinski definition) is 1. The van der Waals surface area contributed by atoms with Gasteiger partial charge in [0.2, 0.25) is 0 Å². The smallest absolute Gasteiger partial charge is 0.324 e. The van der Waals surface area contributed by atoms with Gasteiger partial charge in [-0.3, -0.25) is 10.1 Å². The fourth-order valence-corrected chi connectivity index (χ4v) is 1.42. The predicted octanol–water partition coefficient (Wildman–Crippen LogP) is 0.872. The summed E-state index contributed by atoms with van der Waals surface area (Å²) >= 11 is 0. The standard InChI is InChI=1S/C10H11NO2/c1-13-10(12)9-8(11-9)7-5-3-2-4-6-7/h2-6,8-9,11H,1H3. The van der Waals surface area contributed by atoms with Crippen molar-refractivity contribution in [1.82, 2.24) is 5.32 Å². The molecular weight excluding hydrogens is 166 g/mol. The van der Waals surface area contributed by atoms with E-state index in [1.165, 1.54) is 7.11 Å². The second-order valence-electron chi connectivity index (χ2n) is 3.06. The van der Waals surface area contributed by atoms with Crippen LogP contribution in [0.15, 0.2) is 30.3 Å². The predicted molar refractivity (Wildman–Crippen MR) is 48.1 cm³/mol. The van der Waals surface area contributed by atoms with E-state index in [0.717, 1.165) is 5.56 Å². The molecule has 0 spiro atoms. The van der Waals surface area contributed by atoms with Gasteiger partial charge in [0.15, 0.2) is 0 Å². The van der Waals surface area contributed by atoms with E-state index in [0.29, 0.717) is 0 Å². The molecule has 3 nitrogen and oxygen atoms in total. The molecule has 3 heteroatoms. The molecule has 0 aliphatic carbocycles. The fourth-order valence-electron chi connectivity index (χ4n) is 1.42. The second-order valence-corrected chi connectivity index (χ2v) is 3.06. The molecule has 0 saturated carbocycles. The molecule has 0 bridgehead atoms. The van der Waals surface area contributed by atoms with E-state index in [4.69, 9.17) is 0 Å². The highest BCUT2D eigenvalue weighted by atomic mass is 16.5. The van der Waals surface area contributed by atoms with Gasteiger partial charge in [0.05, 0.1) is 13.2 Å². The zero-order valence-corrected chi connectivity index (χ0v) is 7.36. The largest absolute Gasteiger partial charge is 0.468 e. The van der Waals surface area contributed by atoms with Crippen LogP contribution >= 0.6 is 0 Å². The van der Waals surface area contributed by atoms with E-state index < -0.39 is 0 Å². The van der Waals surface area contributed by atoms with Crippen LogP contribution in [-0.4, -0.2) is 19.1 Å². The van der Waals surface area contributed by atoms with Crippen molar-refractivity contribution in [3.63, 3.8) is 0 Å². The van der Waals surface area contributed by atoms with Gasteiger partial charge in [-0.1, -0.05) is 30.3 Å². The van der Waals surface area contributed by atoms with Crippen molar-refractivity contribution in [2.45, 2.75) is 12.1 Å². The van der Waals surface area contributed by atoms with E-state index >= 15 is 0 Å². The molecule has 2 rings (SSSR count). The monoisotopic (exact) mass is 177 g/mol. The number of ether oxygens (including phenoxy) is 1. The van der Waals surface area contributed by atoms with Crippen molar-refractivity contribution in [1.29, 1.82) is 0 Å². The van der Waals surface area contributed by atoms with Crippen molar-refractivity contribution in [2.75, 3.05) is 7.11 Å². The maximum absolute atomic E-state index is 11.1. The van der Waals surface area contributed by atoms with Gasteiger partial charge in [0.25, 0.3) is 0 Å². The highest BCUT2D eigenvalue weighted by molar-refractivity contribution is 5.80. The van der Waals surface area contributed by atoms with Gasteiger partial charge in [0.1, 0.15) is 6.04 Å². The molecule has 1 fully saturated rings. The Morgan fingerprint density at radius 1 is 1.38 bits per heavy atom. The number of rotatable bonds is 2. The third kappa shape index (κ3) is 1.55. The SMILES string of the molecule is COC(=O)C1NC1c1ccccc1. The Morgan fingerprint density at radius 3 is 2.69 bits per heavy atom.